The summed E-state index contributed by atoms with van der Waals surface area (Å²) in [6.45, 7) is 0.377. The topological polar surface area (TPSA) is 55.8 Å². The molecule has 3 rings (SSSR count). The minimum atomic E-state index is -1.01. The predicted octanol–water partition coefficient (Wildman–Crippen LogP) is 3.91. The van der Waals surface area contributed by atoms with Gasteiger partial charge in [-0.2, -0.15) is 0 Å². The Balaban J connectivity index is 1.63. The van der Waals surface area contributed by atoms with Crippen LogP contribution in [0.2, 0.25) is 5.02 Å². The number of ether oxygens (including phenoxy) is 2. The predicted molar refractivity (Wildman–Crippen MR) is 79.2 cm³/mol. The number of aromatic carboxylic acids is 1. The molecule has 1 aromatic carbocycles. The van der Waals surface area contributed by atoms with Crippen LogP contribution in [0.5, 0.6) is 5.75 Å². The molecule has 1 heterocycles. The second-order valence-electron chi connectivity index (χ2n) is 5.93. The summed E-state index contributed by atoms with van der Waals surface area (Å²) in [4.78, 5) is 11.2. The van der Waals surface area contributed by atoms with E-state index in [9.17, 15) is 4.79 Å². The Labute approximate surface area is 129 Å². The van der Waals surface area contributed by atoms with Crippen LogP contribution in [0.15, 0.2) is 18.2 Å². The number of carboxylic acid groups (broad SMARTS) is 1. The average Bonchev–Trinajstić information content (AvgIpc) is 3.07. The maximum atomic E-state index is 11.2. The molecular formula is C16H19ClO4. The molecule has 21 heavy (non-hydrogen) atoms. The first-order chi connectivity index (χ1) is 10.1. The van der Waals surface area contributed by atoms with Gasteiger partial charge in [-0.25, -0.2) is 4.79 Å². The largest absolute Gasteiger partial charge is 0.490 e. The number of hydrogen-bond donors (Lipinski definition) is 1. The minimum Gasteiger partial charge on any atom is -0.490 e. The second kappa shape index (κ2) is 5.85. The Morgan fingerprint density at radius 3 is 2.86 bits per heavy atom. The molecule has 1 atom stereocenters. The van der Waals surface area contributed by atoms with Gasteiger partial charge < -0.3 is 14.6 Å². The third-order valence-corrected chi connectivity index (χ3v) is 4.69. The van der Waals surface area contributed by atoms with E-state index in [-0.39, 0.29) is 17.3 Å². The number of halogens is 1. The quantitative estimate of drug-likeness (QED) is 0.916. The van der Waals surface area contributed by atoms with Crippen molar-refractivity contribution >= 4 is 17.6 Å². The molecule has 2 aliphatic rings. The van der Waals surface area contributed by atoms with E-state index in [1.807, 2.05) is 0 Å². The second-order valence-corrected chi connectivity index (χ2v) is 6.36. The lowest BCUT2D eigenvalue weighted by Gasteiger charge is -2.24. The van der Waals surface area contributed by atoms with Crippen LogP contribution in [0.25, 0.3) is 0 Å². The van der Waals surface area contributed by atoms with Gasteiger partial charge in [-0.05, 0) is 43.9 Å². The van der Waals surface area contributed by atoms with E-state index in [1.165, 1.54) is 18.9 Å². The Bertz CT molecular complexity index is 537. The summed E-state index contributed by atoms with van der Waals surface area (Å²) >= 11 is 5.91. The van der Waals surface area contributed by atoms with Crippen molar-refractivity contribution in [2.24, 2.45) is 0 Å². The van der Waals surface area contributed by atoms with Gasteiger partial charge in [0.05, 0.1) is 11.7 Å². The standard InChI is InChI=1S/C16H19ClO4/c17-11-3-4-13(15(18)19)14(9-11)20-10-12-5-8-16(21-12)6-1-2-7-16/h3-4,9,12H,1-2,5-8,10H2,(H,18,19). The lowest BCUT2D eigenvalue weighted by Crippen LogP contribution is -2.27. The lowest BCUT2D eigenvalue weighted by molar-refractivity contribution is -0.0509. The summed E-state index contributed by atoms with van der Waals surface area (Å²) in [7, 11) is 0. The van der Waals surface area contributed by atoms with Gasteiger partial charge in [-0.1, -0.05) is 24.4 Å². The SMILES string of the molecule is O=C(O)c1ccc(Cl)cc1OCC1CCC2(CCCC2)O1. The molecule has 4 nitrogen and oxygen atoms in total. The first-order valence-electron chi connectivity index (χ1n) is 7.41. The molecule has 1 spiro atoms. The van der Waals surface area contributed by atoms with Crippen LogP contribution in [0, 0.1) is 0 Å². The van der Waals surface area contributed by atoms with Crippen molar-refractivity contribution in [1.82, 2.24) is 0 Å². The average molecular weight is 311 g/mol. The molecule has 0 aromatic heterocycles. The summed E-state index contributed by atoms with van der Waals surface area (Å²) in [5.41, 5.74) is 0.200. The number of carboxylic acids is 1. The number of benzene rings is 1. The van der Waals surface area contributed by atoms with Crippen LogP contribution in [0.1, 0.15) is 48.9 Å². The van der Waals surface area contributed by atoms with Crippen molar-refractivity contribution < 1.29 is 19.4 Å². The van der Waals surface area contributed by atoms with E-state index in [2.05, 4.69) is 0 Å². The molecule has 0 radical (unpaired) electrons. The van der Waals surface area contributed by atoms with Gasteiger partial charge in [-0.3, -0.25) is 0 Å². The molecule has 0 bridgehead atoms. The van der Waals surface area contributed by atoms with E-state index in [0.717, 1.165) is 25.7 Å². The smallest absolute Gasteiger partial charge is 0.339 e. The van der Waals surface area contributed by atoms with Crippen LogP contribution in [-0.2, 0) is 4.74 Å². The molecule has 1 saturated heterocycles. The van der Waals surface area contributed by atoms with Crippen LogP contribution < -0.4 is 4.74 Å². The monoisotopic (exact) mass is 310 g/mol. The van der Waals surface area contributed by atoms with E-state index in [4.69, 9.17) is 26.2 Å². The normalized spacial score (nSPS) is 23.6. The highest BCUT2D eigenvalue weighted by Crippen LogP contribution is 2.43. The molecule has 1 aliphatic heterocycles. The minimum absolute atomic E-state index is 0.0451. The van der Waals surface area contributed by atoms with Crippen molar-refractivity contribution in [3.8, 4) is 5.75 Å². The van der Waals surface area contributed by atoms with Crippen LogP contribution in [-0.4, -0.2) is 29.4 Å². The molecule has 2 fully saturated rings. The van der Waals surface area contributed by atoms with E-state index >= 15 is 0 Å². The highest BCUT2D eigenvalue weighted by Gasteiger charge is 2.42. The summed E-state index contributed by atoms with van der Waals surface area (Å²) in [6.07, 6.45) is 6.87. The molecule has 114 valence electrons. The summed E-state index contributed by atoms with van der Waals surface area (Å²) in [5, 5.41) is 9.63. The van der Waals surface area contributed by atoms with Crippen molar-refractivity contribution in [2.75, 3.05) is 6.61 Å². The highest BCUT2D eigenvalue weighted by atomic mass is 35.5. The Morgan fingerprint density at radius 2 is 2.14 bits per heavy atom. The number of hydrogen-bond acceptors (Lipinski definition) is 3. The van der Waals surface area contributed by atoms with Crippen molar-refractivity contribution in [3.63, 3.8) is 0 Å². The zero-order valence-electron chi connectivity index (χ0n) is 11.8. The molecule has 1 aromatic rings. The fourth-order valence-corrected chi connectivity index (χ4v) is 3.54. The van der Waals surface area contributed by atoms with Crippen molar-refractivity contribution in [3.05, 3.63) is 28.8 Å². The number of rotatable bonds is 4. The third kappa shape index (κ3) is 3.16. The van der Waals surface area contributed by atoms with E-state index in [1.54, 1.807) is 12.1 Å². The van der Waals surface area contributed by atoms with Gasteiger partial charge in [-0.15, -0.1) is 0 Å². The number of carbonyl (C=O) groups is 1. The first-order valence-corrected chi connectivity index (χ1v) is 7.79. The molecule has 0 amide bonds. The van der Waals surface area contributed by atoms with Crippen LogP contribution >= 0.6 is 11.6 Å². The van der Waals surface area contributed by atoms with Gasteiger partial charge in [0.25, 0.3) is 0 Å². The molecular weight excluding hydrogens is 292 g/mol. The highest BCUT2D eigenvalue weighted by molar-refractivity contribution is 6.30. The van der Waals surface area contributed by atoms with Gasteiger partial charge in [0, 0.05) is 5.02 Å². The summed E-state index contributed by atoms with van der Waals surface area (Å²) in [5.74, 6) is -0.702. The lowest BCUT2D eigenvalue weighted by atomic mass is 9.98. The molecule has 1 saturated carbocycles. The fourth-order valence-electron chi connectivity index (χ4n) is 3.37. The maximum Gasteiger partial charge on any atom is 0.339 e. The van der Waals surface area contributed by atoms with E-state index < -0.39 is 5.97 Å². The zero-order chi connectivity index (χ0) is 14.9. The van der Waals surface area contributed by atoms with Gasteiger partial charge in [0.2, 0.25) is 0 Å². The third-order valence-electron chi connectivity index (χ3n) is 4.45. The molecule has 1 unspecified atom stereocenters. The zero-order valence-corrected chi connectivity index (χ0v) is 12.6. The maximum absolute atomic E-state index is 11.2. The molecule has 1 aliphatic carbocycles. The van der Waals surface area contributed by atoms with Gasteiger partial charge in [0.15, 0.2) is 0 Å². The Hall–Kier alpha value is -1.26. The fraction of sp³-hybridized carbons (Fsp3) is 0.562. The molecule has 5 heteroatoms. The van der Waals surface area contributed by atoms with E-state index in [0.29, 0.717) is 17.4 Å². The molecule has 1 N–H and O–H groups in total. The summed E-state index contributed by atoms with van der Waals surface area (Å²) in [6, 6.07) is 4.57. The van der Waals surface area contributed by atoms with Crippen LogP contribution in [0.4, 0.5) is 0 Å². The van der Waals surface area contributed by atoms with Crippen molar-refractivity contribution in [1.29, 1.82) is 0 Å². The Kier molecular flexibility index (Phi) is 4.09. The first kappa shape index (κ1) is 14.7. The van der Waals surface area contributed by atoms with Gasteiger partial charge in [0.1, 0.15) is 17.9 Å². The van der Waals surface area contributed by atoms with Gasteiger partial charge >= 0.3 is 5.97 Å². The Morgan fingerprint density at radius 1 is 1.38 bits per heavy atom. The van der Waals surface area contributed by atoms with Crippen LogP contribution in [0.3, 0.4) is 0 Å². The van der Waals surface area contributed by atoms with Crippen molar-refractivity contribution in [2.45, 2.75) is 50.2 Å². The summed E-state index contributed by atoms with van der Waals surface area (Å²) < 4.78 is 11.8.